The van der Waals surface area contributed by atoms with Crippen LogP contribution in [-0.4, -0.2) is 6.18 Å². The topological polar surface area (TPSA) is 0 Å². The van der Waals surface area contributed by atoms with Crippen molar-refractivity contribution < 1.29 is 13.2 Å². The summed E-state index contributed by atoms with van der Waals surface area (Å²) in [5.41, 5.74) is 1.98. The third-order valence-electron chi connectivity index (χ3n) is 1.98. The van der Waals surface area contributed by atoms with E-state index in [1.165, 1.54) is 18.2 Å². The van der Waals surface area contributed by atoms with E-state index in [2.05, 4.69) is 12.3 Å². The fraction of sp³-hybridized carbons (Fsp3) is 0.250. The molecule has 0 amide bonds. The van der Waals surface area contributed by atoms with Crippen LogP contribution in [0.25, 0.3) is 0 Å². The SMILES string of the molecule is C=CCC1=C=CCC(Cl)=CC=C1C(F)(F)F. The minimum atomic E-state index is -4.40. The molecule has 1 rings (SSSR count). The summed E-state index contributed by atoms with van der Waals surface area (Å²) in [7, 11) is 0. The quantitative estimate of drug-likeness (QED) is 0.491. The van der Waals surface area contributed by atoms with E-state index in [1.54, 1.807) is 0 Å². The van der Waals surface area contributed by atoms with Crippen molar-refractivity contribution in [2.75, 3.05) is 0 Å². The molecule has 0 nitrogen and oxygen atoms in total. The first kappa shape index (κ1) is 12.9. The molecule has 0 atom stereocenters. The van der Waals surface area contributed by atoms with E-state index in [-0.39, 0.29) is 12.0 Å². The van der Waals surface area contributed by atoms with Crippen LogP contribution in [0.5, 0.6) is 0 Å². The first-order valence-corrected chi connectivity index (χ1v) is 5.02. The van der Waals surface area contributed by atoms with Gasteiger partial charge < -0.3 is 0 Å². The average Bonchev–Trinajstić information content (AvgIpc) is 2.12. The third-order valence-corrected chi connectivity index (χ3v) is 2.26. The van der Waals surface area contributed by atoms with Gasteiger partial charge in [-0.2, -0.15) is 13.2 Å². The van der Waals surface area contributed by atoms with Gasteiger partial charge in [0.2, 0.25) is 0 Å². The molecule has 1 aliphatic rings. The van der Waals surface area contributed by atoms with E-state index in [9.17, 15) is 13.2 Å². The molecule has 0 N–H and O–H groups in total. The average molecular weight is 247 g/mol. The van der Waals surface area contributed by atoms with Gasteiger partial charge in [0, 0.05) is 17.0 Å². The lowest BCUT2D eigenvalue weighted by molar-refractivity contribution is -0.0894. The first-order chi connectivity index (χ1) is 7.45. The lowest BCUT2D eigenvalue weighted by atomic mass is 10.0. The molecule has 0 aromatic rings. The Morgan fingerprint density at radius 1 is 1.44 bits per heavy atom. The minimum absolute atomic E-state index is 0.0860. The summed E-state index contributed by atoms with van der Waals surface area (Å²) >= 11 is 5.68. The smallest absolute Gasteiger partial charge is 0.166 e. The number of allylic oxidation sites excluding steroid dienone is 6. The van der Waals surface area contributed by atoms with E-state index in [0.29, 0.717) is 11.5 Å². The highest BCUT2D eigenvalue weighted by atomic mass is 35.5. The van der Waals surface area contributed by atoms with Crippen LogP contribution in [0.3, 0.4) is 0 Å². The predicted octanol–water partition coefficient (Wildman–Crippen LogP) is 4.66. The zero-order chi connectivity index (χ0) is 12.2. The van der Waals surface area contributed by atoms with Crippen molar-refractivity contribution in [3.8, 4) is 0 Å². The standard InChI is InChI=1S/C12H10ClF3/c1-2-4-9-5-3-6-10(13)7-8-11(9)12(14,15)16/h2-3,7-8H,1,4,6H2. The van der Waals surface area contributed by atoms with E-state index >= 15 is 0 Å². The summed E-state index contributed by atoms with van der Waals surface area (Å²) < 4.78 is 38.1. The van der Waals surface area contributed by atoms with Gasteiger partial charge in [0.1, 0.15) is 0 Å². The molecule has 4 heteroatoms. The Balaban J connectivity index is 3.22. The van der Waals surface area contributed by atoms with Crippen molar-refractivity contribution in [2.24, 2.45) is 0 Å². The summed E-state index contributed by atoms with van der Waals surface area (Å²) in [5, 5.41) is 0.354. The molecule has 0 saturated carbocycles. The maximum absolute atomic E-state index is 12.7. The number of halogens is 4. The van der Waals surface area contributed by atoms with Gasteiger partial charge in [0.25, 0.3) is 0 Å². The molecule has 0 aromatic carbocycles. The van der Waals surface area contributed by atoms with Crippen molar-refractivity contribution in [1.29, 1.82) is 0 Å². The Labute approximate surface area is 97.1 Å². The number of hydrogen-bond donors (Lipinski definition) is 0. The van der Waals surface area contributed by atoms with Crippen LogP contribution in [0, 0.1) is 0 Å². The second-order valence-electron chi connectivity index (χ2n) is 3.22. The Kier molecular flexibility index (Phi) is 4.22. The Morgan fingerprint density at radius 3 is 2.69 bits per heavy atom. The largest absolute Gasteiger partial charge is 0.417 e. The lowest BCUT2D eigenvalue weighted by Crippen LogP contribution is -2.13. The molecule has 16 heavy (non-hydrogen) atoms. The molecule has 0 fully saturated rings. The minimum Gasteiger partial charge on any atom is -0.166 e. The summed E-state index contributed by atoms with van der Waals surface area (Å²) in [6.45, 7) is 3.43. The highest BCUT2D eigenvalue weighted by molar-refractivity contribution is 6.29. The normalized spacial score (nSPS) is 16.9. The highest BCUT2D eigenvalue weighted by Crippen LogP contribution is 2.33. The second kappa shape index (κ2) is 5.24. The molecular weight excluding hydrogens is 237 g/mol. The summed E-state index contributed by atoms with van der Waals surface area (Å²) in [6.07, 6.45) is 1.30. The van der Waals surface area contributed by atoms with Crippen LogP contribution >= 0.6 is 11.6 Å². The Morgan fingerprint density at radius 2 is 2.12 bits per heavy atom. The molecule has 86 valence electrons. The molecule has 0 radical (unpaired) electrons. The van der Waals surface area contributed by atoms with Gasteiger partial charge in [-0.25, -0.2) is 0 Å². The van der Waals surface area contributed by atoms with E-state index in [0.717, 1.165) is 6.08 Å². The number of alkyl halides is 3. The lowest BCUT2D eigenvalue weighted by Gasteiger charge is -2.13. The first-order valence-electron chi connectivity index (χ1n) is 4.64. The molecule has 0 aromatic heterocycles. The second-order valence-corrected chi connectivity index (χ2v) is 3.70. The fourth-order valence-corrected chi connectivity index (χ4v) is 1.41. The molecule has 0 saturated heterocycles. The molecule has 0 spiro atoms. The summed E-state index contributed by atoms with van der Waals surface area (Å²) in [5.74, 6) is 0. The van der Waals surface area contributed by atoms with Crippen molar-refractivity contribution in [3.63, 3.8) is 0 Å². The Hall–Kier alpha value is -1.18. The van der Waals surface area contributed by atoms with E-state index in [4.69, 9.17) is 11.6 Å². The van der Waals surface area contributed by atoms with Gasteiger partial charge in [-0.05, 0) is 24.6 Å². The van der Waals surface area contributed by atoms with Crippen LogP contribution < -0.4 is 0 Å². The van der Waals surface area contributed by atoms with Crippen molar-refractivity contribution in [3.05, 3.63) is 52.8 Å². The number of hydrogen-bond acceptors (Lipinski definition) is 0. The molecule has 0 heterocycles. The number of rotatable bonds is 2. The molecule has 0 bridgehead atoms. The van der Waals surface area contributed by atoms with E-state index < -0.39 is 11.7 Å². The van der Waals surface area contributed by atoms with Crippen molar-refractivity contribution >= 4 is 11.6 Å². The zero-order valence-corrected chi connectivity index (χ0v) is 9.20. The maximum Gasteiger partial charge on any atom is 0.417 e. The predicted molar refractivity (Wildman–Crippen MR) is 59.1 cm³/mol. The summed E-state index contributed by atoms with van der Waals surface area (Å²) in [4.78, 5) is 0. The van der Waals surface area contributed by atoms with Crippen molar-refractivity contribution in [1.82, 2.24) is 0 Å². The van der Waals surface area contributed by atoms with Crippen LogP contribution in [0.15, 0.2) is 52.8 Å². The fourth-order valence-electron chi connectivity index (χ4n) is 1.27. The Bertz CT molecular complexity index is 404. The molecule has 0 unspecified atom stereocenters. The van der Waals surface area contributed by atoms with Crippen LogP contribution in [0.4, 0.5) is 13.2 Å². The molecular formula is C12H10ClF3. The highest BCUT2D eigenvalue weighted by Gasteiger charge is 2.35. The third kappa shape index (κ3) is 3.44. The van der Waals surface area contributed by atoms with Gasteiger partial charge in [-0.3, -0.25) is 0 Å². The van der Waals surface area contributed by atoms with E-state index in [1.807, 2.05) is 0 Å². The van der Waals surface area contributed by atoms with Gasteiger partial charge in [0.05, 0.1) is 5.57 Å². The van der Waals surface area contributed by atoms with Crippen molar-refractivity contribution in [2.45, 2.75) is 19.0 Å². The van der Waals surface area contributed by atoms with Crippen LogP contribution in [-0.2, 0) is 0 Å². The molecule has 1 aliphatic carbocycles. The van der Waals surface area contributed by atoms with Gasteiger partial charge in [-0.15, -0.1) is 12.3 Å². The monoisotopic (exact) mass is 246 g/mol. The zero-order valence-electron chi connectivity index (χ0n) is 8.44. The van der Waals surface area contributed by atoms with Gasteiger partial charge in [-0.1, -0.05) is 17.7 Å². The molecule has 0 aliphatic heterocycles. The van der Waals surface area contributed by atoms with Crippen LogP contribution in [0.1, 0.15) is 12.8 Å². The van der Waals surface area contributed by atoms with Gasteiger partial charge >= 0.3 is 6.18 Å². The summed E-state index contributed by atoms with van der Waals surface area (Å²) in [6, 6.07) is 0. The van der Waals surface area contributed by atoms with Gasteiger partial charge in [0.15, 0.2) is 0 Å². The van der Waals surface area contributed by atoms with Crippen LogP contribution in [0.2, 0.25) is 0 Å². The maximum atomic E-state index is 12.7.